The standard InChI is InChI=1S/C53H86O21/c1-23-32(57)41(73-44-38(63)36(61)40(28(21-55)70-44)72-43-37(62)35(60)34(59)27(20-54)69-43)39(64)45(68-23)74-42-33(58)26(56)22-67-46(42)71-31-12-13-50(6)29(49(31,4)5)11-14-52(8)30(50)10-9-24-25-19-48(2,3)15-17-53(25,47(65)66)18-16-51(24,52)7/h9,23,25-46,54-64H,10-22H2,1-8H3,(H,65,66). The lowest BCUT2D eigenvalue weighted by molar-refractivity contribution is -0.390. The van der Waals surface area contributed by atoms with E-state index in [-0.39, 0.29) is 40.1 Å². The number of aliphatic hydroxyl groups excluding tert-OH is 11. The first kappa shape index (κ1) is 57.1. The summed E-state index contributed by atoms with van der Waals surface area (Å²) < 4.78 is 48.0. The molecule has 424 valence electrons. The Kier molecular flexibility index (Phi) is 15.8. The molecule has 5 aliphatic carbocycles. The van der Waals surface area contributed by atoms with E-state index in [0.717, 1.165) is 44.9 Å². The normalized spacial score (nSPS) is 54.1. The van der Waals surface area contributed by atoms with E-state index in [0.29, 0.717) is 25.2 Å². The third kappa shape index (κ3) is 9.17. The Balaban J connectivity index is 0.887. The zero-order valence-electron chi connectivity index (χ0n) is 44.1. The maximum absolute atomic E-state index is 13.2. The van der Waals surface area contributed by atoms with Crippen LogP contribution in [0.1, 0.15) is 120 Å². The van der Waals surface area contributed by atoms with E-state index in [2.05, 4.69) is 54.5 Å². The second kappa shape index (κ2) is 20.5. The number of rotatable bonds is 11. The molecular formula is C53H86O21. The highest BCUT2D eigenvalue weighted by Gasteiger charge is 2.70. The molecule has 0 aromatic heterocycles. The third-order valence-corrected chi connectivity index (χ3v) is 21.1. The number of hydrogen-bond donors (Lipinski definition) is 12. The summed E-state index contributed by atoms with van der Waals surface area (Å²) in [5.41, 5.74) is -0.0216. The van der Waals surface area contributed by atoms with Crippen molar-refractivity contribution in [1.82, 2.24) is 0 Å². The van der Waals surface area contributed by atoms with Crippen LogP contribution in [0.3, 0.4) is 0 Å². The summed E-state index contributed by atoms with van der Waals surface area (Å²) >= 11 is 0. The van der Waals surface area contributed by atoms with Crippen LogP contribution in [-0.2, 0) is 42.7 Å². The molecule has 4 saturated heterocycles. The van der Waals surface area contributed by atoms with Gasteiger partial charge in [0.05, 0.1) is 37.4 Å². The van der Waals surface area contributed by atoms with Gasteiger partial charge in [0, 0.05) is 0 Å². The van der Waals surface area contributed by atoms with Crippen molar-refractivity contribution in [2.75, 3.05) is 19.8 Å². The fraction of sp³-hybridized carbons (Fsp3) is 0.943. The van der Waals surface area contributed by atoms with E-state index in [4.69, 9.17) is 37.9 Å². The molecule has 0 radical (unpaired) electrons. The second-order valence-electron chi connectivity index (χ2n) is 25.8. The van der Waals surface area contributed by atoms with Gasteiger partial charge in [-0.1, -0.05) is 60.1 Å². The van der Waals surface area contributed by atoms with Gasteiger partial charge in [-0.15, -0.1) is 0 Å². The van der Waals surface area contributed by atoms with Gasteiger partial charge in [-0.25, -0.2) is 0 Å². The molecule has 0 aromatic carbocycles. The molecule has 0 amide bonds. The minimum Gasteiger partial charge on any atom is -0.481 e. The Morgan fingerprint density at radius 2 is 1.22 bits per heavy atom. The van der Waals surface area contributed by atoms with Crippen molar-refractivity contribution >= 4 is 5.97 Å². The molecule has 4 aliphatic heterocycles. The Morgan fingerprint density at radius 1 is 0.608 bits per heavy atom. The Hall–Kier alpha value is -1.55. The van der Waals surface area contributed by atoms with E-state index >= 15 is 0 Å². The number of carbonyl (C=O) groups is 1. The molecular weight excluding hydrogens is 973 g/mol. The molecule has 9 aliphatic rings. The molecule has 27 unspecified atom stereocenters. The van der Waals surface area contributed by atoms with Gasteiger partial charge in [0.25, 0.3) is 0 Å². The van der Waals surface area contributed by atoms with Crippen LogP contribution >= 0.6 is 0 Å². The summed E-state index contributed by atoms with van der Waals surface area (Å²) in [7, 11) is 0. The van der Waals surface area contributed by atoms with Gasteiger partial charge in [-0.2, -0.15) is 0 Å². The molecule has 0 bridgehead atoms. The molecule has 8 fully saturated rings. The fourth-order valence-corrected chi connectivity index (χ4v) is 16.3. The van der Waals surface area contributed by atoms with Crippen molar-refractivity contribution in [3.05, 3.63) is 11.6 Å². The van der Waals surface area contributed by atoms with E-state index in [1.807, 2.05) is 0 Å². The highest BCUT2D eigenvalue weighted by atomic mass is 16.8. The number of hydrogen-bond acceptors (Lipinski definition) is 20. The van der Waals surface area contributed by atoms with Crippen molar-refractivity contribution in [2.45, 2.75) is 242 Å². The van der Waals surface area contributed by atoms with Gasteiger partial charge in [-0.3, -0.25) is 4.79 Å². The van der Waals surface area contributed by atoms with Crippen molar-refractivity contribution in [1.29, 1.82) is 0 Å². The van der Waals surface area contributed by atoms with Crippen LogP contribution in [0.2, 0.25) is 0 Å². The van der Waals surface area contributed by atoms with Crippen molar-refractivity contribution < 1.29 is 104 Å². The minimum atomic E-state index is -1.99. The minimum absolute atomic E-state index is 0.0112. The number of ether oxygens (including phenoxy) is 8. The number of aliphatic carboxylic acids is 1. The number of fused-ring (bicyclic) bond motifs is 7. The number of aliphatic hydroxyl groups is 11. The number of carboxylic acid groups (broad SMARTS) is 1. The average Bonchev–Trinajstić information content (AvgIpc) is 3.34. The van der Waals surface area contributed by atoms with Gasteiger partial charge < -0.3 is 99.2 Å². The maximum atomic E-state index is 13.2. The molecule has 4 saturated carbocycles. The van der Waals surface area contributed by atoms with Crippen molar-refractivity contribution in [3.63, 3.8) is 0 Å². The molecule has 27 atom stereocenters. The quantitative estimate of drug-likeness (QED) is 0.0971. The molecule has 0 spiro atoms. The zero-order valence-corrected chi connectivity index (χ0v) is 44.1. The highest BCUT2D eigenvalue weighted by Crippen LogP contribution is 2.76. The second-order valence-corrected chi connectivity index (χ2v) is 25.8. The first-order valence-corrected chi connectivity index (χ1v) is 27.1. The summed E-state index contributed by atoms with van der Waals surface area (Å²) in [6, 6.07) is 0. The van der Waals surface area contributed by atoms with Gasteiger partial charge >= 0.3 is 5.97 Å². The zero-order chi connectivity index (χ0) is 54.0. The van der Waals surface area contributed by atoms with Crippen molar-refractivity contribution in [2.24, 2.45) is 50.2 Å². The predicted octanol–water partition coefficient (Wildman–Crippen LogP) is 0.197. The highest BCUT2D eigenvalue weighted by molar-refractivity contribution is 5.76. The number of allylic oxidation sites excluding steroid dienone is 2. The smallest absolute Gasteiger partial charge is 0.310 e. The summed E-state index contributed by atoms with van der Waals surface area (Å²) in [5, 5.41) is 130. The third-order valence-electron chi connectivity index (χ3n) is 21.1. The molecule has 12 N–H and O–H groups in total. The van der Waals surface area contributed by atoms with Crippen LogP contribution in [0.4, 0.5) is 0 Å². The monoisotopic (exact) mass is 1060 g/mol. The molecule has 4 heterocycles. The van der Waals surface area contributed by atoms with Gasteiger partial charge in [0.2, 0.25) is 0 Å². The molecule has 0 aromatic rings. The first-order chi connectivity index (χ1) is 34.6. The molecule has 21 nitrogen and oxygen atoms in total. The maximum Gasteiger partial charge on any atom is 0.310 e. The molecule has 74 heavy (non-hydrogen) atoms. The average molecular weight is 1060 g/mol. The Morgan fingerprint density at radius 3 is 1.88 bits per heavy atom. The number of carboxylic acids is 1. The van der Waals surface area contributed by atoms with Crippen LogP contribution in [0.15, 0.2) is 11.6 Å². The largest absolute Gasteiger partial charge is 0.481 e. The van der Waals surface area contributed by atoms with E-state index in [1.165, 1.54) is 12.5 Å². The van der Waals surface area contributed by atoms with Crippen LogP contribution < -0.4 is 0 Å². The van der Waals surface area contributed by atoms with E-state index in [1.54, 1.807) is 0 Å². The van der Waals surface area contributed by atoms with Crippen LogP contribution in [0.5, 0.6) is 0 Å². The summed E-state index contributed by atoms with van der Waals surface area (Å²) in [6.45, 7) is 15.9. The van der Waals surface area contributed by atoms with Gasteiger partial charge in [-0.05, 0) is 116 Å². The first-order valence-electron chi connectivity index (χ1n) is 27.1. The van der Waals surface area contributed by atoms with Gasteiger partial charge in [0.1, 0.15) is 85.5 Å². The lowest BCUT2D eigenvalue weighted by Gasteiger charge is -2.71. The lowest BCUT2D eigenvalue weighted by Crippen LogP contribution is -2.67. The van der Waals surface area contributed by atoms with Gasteiger partial charge in [0.15, 0.2) is 25.2 Å². The Bertz CT molecular complexity index is 2040. The molecule has 21 heteroatoms. The van der Waals surface area contributed by atoms with Crippen LogP contribution in [-0.4, -0.2) is 210 Å². The lowest BCUT2D eigenvalue weighted by atomic mass is 9.33. The summed E-state index contributed by atoms with van der Waals surface area (Å²) in [6.07, 6.45) is -20.7. The fourth-order valence-electron chi connectivity index (χ4n) is 16.3. The summed E-state index contributed by atoms with van der Waals surface area (Å²) in [5.74, 6) is -0.101. The van der Waals surface area contributed by atoms with Crippen molar-refractivity contribution in [3.8, 4) is 0 Å². The van der Waals surface area contributed by atoms with E-state index < -0.39 is 153 Å². The Labute approximate surface area is 433 Å². The van der Waals surface area contributed by atoms with Crippen LogP contribution in [0.25, 0.3) is 0 Å². The SMILES string of the molecule is CC1OC(OC2C(OC3CCC4(C)C(CCC5(C)C4CC=C4C6CC(C)(C)CCC6(C(=O)O)CCC45C)C3(C)C)OCC(O)C2O)C(O)C(OC2OC(CO)C(OC3OC(CO)C(O)C(O)C3O)C(O)C2O)C1O. The van der Waals surface area contributed by atoms with E-state index in [9.17, 15) is 66.1 Å². The molecule has 9 rings (SSSR count). The summed E-state index contributed by atoms with van der Waals surface area (Å²) in [4.78, 5) is 13.2. The predicted molar refractivity (Wildman–Crippen MR) is 256 cm³/mol. The van der Waals surface area contributed by atoms with Crippen LogP contribution in [0, 0.1) is 50.2 Å². The topological polar surface area (TPSA) is 334 Å².